The van der Waals surface area contributed by atoms with Crippen LogP contribution in [0.5, 0.6) is 5.75 Å². The highest BCUT2D eigenvalue weighted by atomic mass is 16.5. The molecular weight excluding hydrogens is 302 g/mol. The number of carbonyl (C=O) groups is 1. The van der Waals surface area contributed by atoms with Crippen molar-refractivity contribution in [3.8, 4) is 5.75 Å². The van der Waals surface area contributed by atoms with E-state index in [1.165, 1.54) is 5.56 Å². The molecule has 1 amide bonds. The number of methoxy groups -OCH3 is 2. The van der Waals surface area contributed by atoms with Gasteiger partial charge in [-0.15, -0.1) is 0 Å². The van der Waals surface area contributed by atoms with Gasteiger partial charge in [0.2, 0.25) is 0 Å². The van der Waals surface area contributed by atoms with Gasteiger partial charge in [-0.3, -0.25) is 4.79 Å². The molecule has 2 aromatic carbocycles. The zero-order valence-corrected chi connectivity index (χ0v) is 14.5. The molecule has 0 saturated heterocycles. The van der Waals surface area contributed by atoms with E-state index in [0.29, 0.717) is 12.2 Å². The first kappa shape index (κ1) is 18.0. The summed E-state index contributed by atoms with van der Waals surface area (Å²) in [6.45, 7) is 2.44. The normalized spacial score (nSPS) is 11.8. The van der Waals surface area contributed by atoms with E-state index >= 15 is 0 Å². The summed E-state index contributed by atoms with van der Waals surface area (Å²) in [7, 11) is 3.23. The SMILES string of the molecule is COCc1cc(C(=O)N[C@H](C)CCc2ccccc2)ccc1OC. The predicted molar refractivity (Wildman–Crippen MR) is 95.4 cm³/mol. The Hall–Kier alpha value is -2.33. The number of carbonyl (C=O) groups excluding carboxylic acids is 1. The quantitative estimate of drug-likeness (QED) is 0.806. The molecular formula is C20H25NO3. The topological polar surface area (TPSA) is 47.6 Å². The molecule has 0 aliphatic rings. The predicted octanol–water partition coefficient (Wildman–Crippen LogP) is 3.59. The Kier molecular flexibility index (Phi) is 6.82. The van der Waals surface area contributed by atoms with Crippen molar-refractivity contribution in [2.45, 2.75) is 32.4 Å². The molecule has 2 aromatic rings. The van der Waals surface area contributed by atoms with Crippen LogP contribution in [0, 0.1) is 0 Å². The lowest BCUT2D eigenvalue weighted by molar-refractivity contribution is 0.0938. The van der Waals surface area contributed by atoms with Crippen molar-refractivity contribution in [1.82, 2.24) is 5.32 Å². The smallest absolute Gasteiger partial charge is 0.251 e. The second-order valence-corrected chi connectivity index (χ2v) is 5.86. The first-order valence-corrected chi connectivity index (χ1v) is 8.14. The summed E-state index contributed by atoms with van der Waals surface area (Å²) >= 11 is 0. The number of amides is 1. The van der Waals surface area contributed by atoms with E-state index < -0.39 is 0 Å². The van der Waals surface area contributed by atoms with E-state index in [2.05, 4.69) is 17.4 Å². The van der Waals surface area contributed by atoms with Gasteiger partial charge in [0.15, 0.2) is 0 Å². The van der Waals surface area contributed by atoms with Gasteiger partial charge in [-0.05, 0) is 43.5 Å². The Morgan fingerprint density at radius 2 is 1.88 bits per heavy atom. The van der Waals surface area contributed by atoms with Crippen LogP contribution >= 0.6 is 0 Å². The molecule has 0 aromatic heterocycles. The van der Waals surface area contributed by atoms with Crippen LogP contribution in [0.15, 0.2) is 48.5 Å². The fourth-order valence-corrected chi connectivity index (χ4v) is 2.60. The van der Waals surface area contributed by atoms with Crippen molar-refractivity contribution < 1.29 is 14.3 Å². The maximum absolute atomic E-state index is 12.4. The standard InChI is InChI=1S/C20H25NO3/c1-15(9-10-16-7-5-4-6-8-16)21-20(22)17-11-12-19(24-3)18(13-17)14-23-2/h4-8,11-13,15H,9-10,14H2,1-3H3,(H,21,22)/t15-/m1/s1. The van der Waals surface area contributed by atoms with Crippen LogP contribution in [0.25, 0.3) is 0 Å². The van der Waals surface area contributed by atoms with E-state index in [1.807, 2.05) is 31.2 Å². The van der Waals surface area contributed by atoms with E-state index in [4.69, 9.17) is 9.47 Å². The van der Waals surface area contributed by atoms with E-state index in [0.717, 1.165) is 24.2 Å². The van der Waals surface area contributed by atoms with Gasteiger partial charge < -0.3 is 14.8 Å². The summed E-state index contributed by atoms with van der Waals surface area (Å²) in [5, 5.41) is 3.05. The number of rotatable bonds is 8. The van der Waals surface area contributed by atoms with Gasteiger partial charge in [0.05, 0.1) is 13.7 Å². The molecule has 24 heavy (non-hydrogen) atoms. The number of benzene rings is 2. The van der Waals surface area contributed by atoms with Gasteiger partial charge in [0, 0.05) is 24.3 Å². The van der Waals surface area contributed by atoms with E-state index in [9.17, 15) is 4.79 Å². The summed E-state index contributed by atoms with van der Waals surface area (Å²) in [5.41, 5.74) is 2.77. The highest BCUT2D eigenvalue weighted by Crippen LogP contribution is 2.20. The van der Waals surface area contributed by atoms with Crippen molar-refractivity contribution in [1.29, 1.82) is 0 Å². The van der Waals surface area contributed by atoms with Crippen molar-refractivity contribution in [2.75, 3.05) is 14.2 Å². The molecule has 2 rings (SSSR count). The Bertz CT molecular complexity index is 655. The lowest BCUT2D eigenvalue weighted by Gasteiger charge is -2.15. The minimum Gasteiger partial charge on any atom is -0.496 e. The van der Waals surface area contributed by atoms with Crippen molar-refractivity contribution in [3.63, 3.8) is 0 Å². The van der Waals surface area contributed by atoms with E-state index in [-0.39, 0.29) is 11.9 Å². The molecule has 0 bridgehead atoms. The van der Waals surface area contributed by atoms with Gasteiger partial charge in [-0.25, -0.2) is 0 Å². The molecule has 0 aliphatic carbocycles. The summed E-state index contributed by atoms with van der Waals surface area (Å²) < 4.78 is 10.5. The molecule has 0 aliphatic heterocycles. The van der Waals surface area contributed by atoms with Crippen molar-refractivity contribution >= 4 is 5.91 Å². The molecule has 0 heterocycles. The first-order valence-electron chi connectivity index (χ1n) is 8.14. The Morgan fingerprint density at radius 3 is 2.54 bits per heavy atom. The van der Waals surface area contributed by atoms with Gasteiger partial charge in [-0.2, -0.15) is 0 Å². The van der Waals surface area contributed by atoms with E-state index in [1.54, 1.807) is 26.4 Å². The fraction of sp³-hybridized carbons (Fsp3) is 0.350. The van der Waals surface area contributed by atoms with Gasteiger partial charge in [0.25, 0.3) is 5.91 Å². The molecule has 0 saturated carbocycles. The number of hydrogen-bond donors (Lipinski definition) is 1. The number of hydrogen-bond acceptors (Lipinski definition) is 3. The monoisotopic (exact) mass is 327 g/mol. The second kappa shape index (κ2) is 9.08. The lowest BCUT2D eigenvalue weighted by Crippen LogP contribution is -2.33. The summed E-state index contributed by atoms with van der Waals surface area (Å²) in [5.74, 6) is 0.654. The van der Waals surface area contributed by atoms with Crippen LogP contribution in [-0.4, -0.2) is 26.2 Å². The number of aryl methyl sites for hydroxylation is 1. The molecule has 0 radical (unpaired) electrons. The van der Waals surface area contributed by atoms with Gasteiger partial charge in [-0.1, -0.05) is 30.3 Å². The second-order valence-electron chi connectivity index (χ2n) is 5.86. The molecule has 4 nitrogen and oxygen atoms in total. The molecule has 0 fully saturated rings. The minimum atomic E-state index is -0.0735. The molecule has 128 valence electrons. The highest BCUT2D eigenvalue weighted by molar-refractivity contribution is 5.94. The molecule has 0 spiro atoms. The summed E-state index contributed by atoms with van der Waals surface area (Å²) in [4.78, 5) is 12.4. The highest BCUT2D eigenvalue weighted by Gasteiger charge is 2.12. The van der Waals surface area contributed by atoms with Crippen LogP contribution in [0.2, 0.25) is 0 Å². The summed E-state index contributed by atoms with van der Waals surface area (Å²) in [6.07, 6.45) is 1.84. The van der Waals surface area contributed by atoms with Crippen molar-refractivity contribution in [2.24, 2.45) is 0 Å². The zero-order valence-electron chi connectivity index (χ0n) is 14.5. The Morgan fingerprint density at radius 1 is 1.12 bits per heavy atom. The molecule has 1 N–H and O–H groups in total. The fourth-order valence-electron chi connectivity index (χ4n) is 2.60. The molecule has 1 atom stereocenters. The first-order chi connectivity index (χ1) is 11.6. The third kappa shape index (κ3) is 5.10. The maximum Gasteiger partial charge on any atom is 0.251 e. The number of ether oxygens (including phenoxy) is 2. The minimum absolute atomic E-state index is 0.0735. The van der Waals surface area contributed by atoms with Crippen LogP contribution in [-0.2, 0) is 17.8 Å². The number of nitrogens with one attached hydrogen (secondary N) is 1. The largest absolute Gasteiger partial charge is 0.496 e. The van der Waals surface area contributed by atoms with Gasteiger partial charge in [0.1, 0.15) is 5.75 Å². The average molecular weight is 327 g/mol. The maximum atomic E-state index is 12.4. The van der Waals surface area contributed by atoms with Crippen LogP contribution in [0.1, 0.15) is 34.8 Å². The van der Waals surface area contributed by atoms with Crippen LogP contribution in [0.4, 0.5) is 0 Å². The Balaban J connectivity index is 1.94. The third-order valence-electron chi connectivity index (χ3n) is 3.93. The van der Waals surface area contributed by atoms with Crippen LogP contribution in [0.3, 0.4) is 0 Å². The zero-order chi connectivity index (χ0) is 17.4. The lowest BCUT2D eigenvalue weighted by atomic mass is 10.1. The van der Waals surface area contributed by atoms with Crippen molar-refractivity contribution in [3.05, 3.63) is 65.2 Å². The molecule has 4 heteroatoms. The Labute approximate surface area is 143 Å². The third-order valence-corrected chi connectivity index (χ3v) is 3.93. The van der Waals surface area contributed by atoms with Crippen LogP contribution < -0.4 is 10.1 Å². The molecule has 0 unspecified atom stereocenters. The average Bonchev–Trinajstić information content (AvgIpc) is 2.61. The van der Waals surface area contributed by atoms with Gasteiger partial charge >= 0.3 is 0 Å². The summed E-state index contributed by atoms with van der Waals surface area (Å²) in [6, 6.07) is 15.8.